The van der Waals surface area contributed by atoms with Crippen molar-refractivity contribution >= 4 is 80.5 Å². The van der Waals surface area contributed by atoms with Gasteiger partial charge in [0.25, 0.3) is 0 Å². The average molecular weight is 1840 g/mol. The van der Waals surface area contributed by atoms with E-state index in [1.54, 1.807) is 6.92 Å². The molecule has 15 aliphatic rings. The highest BCUT2D eigenvalue weighted by Crippen LogP contribution is 2.55. The maximum Gasteiger partial charge on any atom is 0.247 e. The summed E-state index contributed by atoms with van der Waals surface area (Å²) in [7, 11) is -2.14. The van der Waals surface area contributed by atoms with Crippen LogP contribution in [-0.4, -0.2) is 285 Å². The van der Waals surface area contributed by atoms with Gasteiger partial charge in [0.1, 0.15) is 66.8 Å². The summed E-state index contributed by atoms with van der Waals surface area (Å²) in [6.45, 7) is 6.63. The van der Waals surface area contributed by atoms with Gasteiger partial charge in [-0.15, -0.1) is 23.2 Å². The van der Waals surface area contributed by atoms with Crippen LogP contribution < -0.4 is 78.3 Å². The third kappa shape index (κ3) is 22.8. The SMILES string of the molecule is CCCCCCCCS(=O)(=O)NCCNCC1C(O)C2C3C[C@H](CC[C@H]3O)[C@H]3NC(=O)[C@@H]4NC(=O)[C@H](CC(N)=O)NC(=O)[C@H](NC(=O)[C@@H](CC(C)C)NC)[C@H](O)[C@H]5CC[C@@H](Oc6cc4cc(c6O[C@@H]4C[C@H](CO)[C@@H](O)[C@H](O)[C@H]4O[C@H]4C[C@H](N)[C@H](O)[C@H](C)O4)O[C@@H]4CC[C@@H](C[C@@H]4Cl)[C@@H](O)[C@H](NC3=O)C(=O)N[C@H](C(=O)NC3C4CC6CC(C4)CC3C6)C2C[C@@H]1O)[C@H](Cl)C5. The first-order chi connectivity index (χ1) is 60.0. The van der Waals surface area contributed by atoms with E-state index in [4.69, 9.17) is 58.4 Å². The summed E-state index contributed by atoms with van der Waals surface area (Å²) < 4.78 is 63.1. The lowest BCUT2D eigenvalue weighted by Gasteiger charge is -2.55. The van der Waals surface area contributed by atoms with Crippen LogP contribution in [0.2, 0.25) is 0 Å². The molecule has 0 aromatic heterocycles. The van der Waals surface area contributed by atoms with Crippen LogP contribution in [0.5, 0.6) is 17.2 Å². The molecule has 36 nitrogen and oxygen atoms in total. The lowest BCUT2D eigenvalue weighted by atomic mass is 9.54. The van der Waals surface area contributed by atoms with Gasteiger partial charge in [-0.2, -0.15) is 0 Å². The van der Waals surface area contributed by atoms with Gasteiger partial charge < -0.3 is 129 Å². The number of fused-ring (bicyclic) bond motifs is 15. The predicted molar refractivity (Wildman–Crippen MR) is 458 cm³/mol. The minimum Gasteiger partial charge on any atom is -0.485 e. The Morgan fingerprint density at radius 2 is 1.26 bits per heavy atom. The summed E-state index contributed by atoms with van der Waals surface area (Å²) in [5.74, 6) is -16.8. The Kier molecular flexibility index (Phi) is 33.3. The fourth-order valence-electron chi connectivity index (χ4n) is 23.3. The number of aliphatic hydroxyl groups is 9. The quantitative estimate of drug-likeness (QED) is 0.0375. The molecule has 32 atom stereocenters. The number of amides is 8. The number of benzene rings is 1. The van der Waals surface area contributed by atoms with Crippen molar-refractivity contribution in [1.82, 2.24) is 52.6 Å². The van der Waals surface area contributed by atoms with Crippen LogP contribution in [0.1, 0.15) is 200 Å². The van der Waals surface area contributed by atoms with E-state index >= 15 is 28.8 Å². The molecule has 9 saturated carbocycles. The molecule has 2 saturated heterocycles. The number of primary amides is 1. The number of likely N-dealkylation sites (N-methyl/N-ethyl adjacent to an activating group) is 1. The number of nitrogens with two attached hydrogens (primary N) is 2. The molecule has 5 unspecified atom stereocenters. The highest BCUT2D eigenvalue weighted by Gasteiger charge is 2.58. The molecule has 8 amide bonds. The van der Waals surface area contributed by atoms with Crippen LogP contribution >= 0.6 is 23.2 Å². The first-order valence-electron chi connectivity index (χ1n) is 46.3. The van der Waals surface area contributed by atoms with Crippen LogP contribution in [0.4, 0.5) is 0 Å². The van der Waals surface area contributed by atoms with Gasteiger partial charge in [0.05, 0.1) is 77.8 Å². The summed E-state index contributed by atoms with van der Waals surface area (Å²) in [5.41, 5.74) is 12.1. The van der Waals surface area contributed by atoms with Crippen molar-refractivity contribution in [3.63, 3.8) is 0 Å². The van der Waals surface area contributed by atoms with E-state index in [9.17, 15) is 64.0 Å². The fourth-order valence-corrected chi connectivity index (χ4v) is 25.3. The average Bonchev–Trinajstić information content (AvgIpc) is 0.745. The van der Waals surface area contributed by atoms with Crippen molar-refractivity contribution in [2.24, 2.45) is 88.4 Å². The van der Waals surface area contributed by atoms with Crippen molar-refractivity contribution in [1.29, 1.82) is 0 Å². The van der Waals surface area contributed by atoms with Crippen molar-refractivity contribution < 1.29 is 116 Å². The number of alkyl halides is 2. The normalized spacial score (nSPS) is 41.1. The Balaban J connectivity index is 0.931. The number of nitrogens with one attached hydrogen (secondary N) is 10. The summed E-state index contributed by atoms with van der Waals surface area (Å²) >= 11 is 15.1. The van der Waals surface area contributed by atoms with Crippen molar-refractivity contribution in [3.8, 4) is 17.2 Å². The molecule has 16 rings (SSSR count). The molecule has 6 heterocycles. The number of hydrogen-bond acceptors (Lipinski definition) is 27. The summed E-state index contributed by atoms with van der Waals surface area (Å²) in [6.07, 6.45) is -12.0. The third-order valence-corrected chi connectivity index (χ3v) is 32.3. The molecule has 1 aromatic carbocycles. The van der Waals surface area contributed by atoms with Crippen molar-refractivity contribution in [2.75, 3.05) is 39.0 Å². The van der Waals surface area contributed by atoms with Crippen LogP contribution in [0.15, 0.2) is 12.1 Å². The molecule has 23 N–H and O–H groups in total. The maximum absolute atomic E-state index is 16.7. The zero-order valence-corrected chi connectivity index (χ0v) is 75.1. The Bertz CT molecular complexity index is 4020. The van der Waals surface area contributed by atoms with Crippen LogP contribution in [0.3, 0.4) is 0 Å². The van der Waals surface area contributed by atoms with E-state index < -0.39 is 262 Å². The number of sulfonamides is 1. The van der Waals surface area contributed by atoms with Crippen LogP contribution in [-0.2, 0) is 57.9 Å². The largest absolute Gasteiger partial charge is 0.485 e. The van der Waals surface area contributed by atoms with Gasteiger partial charge >= 0.3 is 0 Å². The van der Waals surface area contributed by atoms with Gasteiger partial charge in [-0.3, -0.25) is 38.4 Å². The van der Waals surface area contributed by atoms with Gasteiger partial charge in [-0.25, -0.2) is 13.1 Å². The zero-order valence-electron chi connectivity index (χ0n) is 72.8. The number of ether oxygens (including phenoxy) is 5. The van der Waals surface area contributed by atoms with Gasteiger partial charge in [0.2, 0.25) is 63.0 Å². The van der Waals surface area contributed by atoms with E-state index in [0.29, 0.717) is 18.3 Å². The van der Waals surface area contributed by atoms with Gasteiger partial charge in [-0.1, -0.05) is 52.9 Å². The highest BCUT2D eigenvalue weighted by atomic mass is 35.5. The number of hydrogen-bond donors (Lipinski definition) is 21. The second-order valence-corrected chi connectivity index (χ2v) is 42.2. The van der Waals surface area contributed by atoms with Crippen LogP contribution in [0.25, 0.3) is 0 Å². The van der Waals surface area contributed by atoms with E-state index in [2.05, 4.69) is 59.5 Å². The Hall–Kier alpha value is -5.69. The second kappa shape index (κ2) is 42.9. The number of carbonyl (C=O) groups is 8. The van der Waals surface area contributed by atoms with Gasteiger partial charge in [0.15, 0.2) is 17.8 Å². The topological polar surface area (TPSA) is 571 Å². The molecule has 0 radical (unpaired) electrons. The minimum absolute atomic E-state index is 0.000905. The first-order valence-corrected chi connectivity index (χ1v) is 48.9. The molecule has 710 valence electrons. The number of aliphatic hydroxyl groups excluding tert-OH is 9. The van der Waals surface area contributed by atoms with Gasteiger partial charge in [-0.05, 0) is 212 Å². The molecule has 9 aliphatic carbocycles. The Morgan fingerprint density at radius 1 is 0.635 bits per heavy atom. The lowest BCUT2D eigenvalue weighted by Crippen LogP contribution is -2.68. The van der Waals surface area contributed by atoms with Crippen LogP contribution in [0, 0.1) is 76.9 Å². The molecular formula is C87H138Cl2N12O24S. The number of unbranched alkanes of at least 4 members (excludes halogenated alkanes) is 5. The molecule has 6 aliphatic heterocycles. The summed E-state index contributed by atoms with van der Waals surface area (Å²) in [6, 6.07) is -11.0. The number of rotatable bonds is 27. The minimum atomic E-state index is -3.68. The van der Waals surface area contributed by atoms with E-state index in [-0.39, 0.29) is 155 Å². The summed E-state index contributed by atoms with van der Waals surface area (Å²) in [5, 5.41) is 134. The standard InChI is InChI=1S/C87H138Cl2N12O24S/c1-6-7-8-9-10-11-20-126(119,120)94-19-18-93-36-51-58(104)33-50-66(77(51)110)49-27-42(12-15-57(49)103)68-83(114)101-72(87(118)99-70(50)85(116)96-67-45-23-40-22-41(25-45)26-46(67)24-40)75(108)44-14-17-60(53(89)29-44)123-62-31-47-30-61(79(62)124-63-32-48(37-102)76(109)78(111)80(63)125-65-34-54(90)73(106)39(4)121-65)122-59-16-13-43(28-52(59)88)74(107)71(100-81(112)55(92-5)21-38(2)3)86(117)95-56(35-64(91)105)82(113)97-69(47)84(115)98-68/h30-31,38-46,48-60,63,65-78,80,92-94,102-104,106-111H,6-29,32-37,90H2,1-5H3,(H2,91,105)(H,95,117)(H,96,116)(H,97,113)(H,98,115)(H,99,118)(H,100,112)(H,101,114)/t39-,40?,41?,42-,43-,44-,45?,46?,48+,49?,50?,51?,52+,53-,54-,55+,56-,57+,58-,59+,60+,63+,65-,66?,67?,68+,69+,70-,71+,72-,73+,74+,75+,76+,77?,78-,80-/m0/s1. The van der Waals surface area contributed by atoms with E-state index in [0.717, 1.165) is 64.2 Å². The summed E-state index contributed by atoms with van der Waals surface area (Å²) in [4.78, 5) is 124. The molecule has 1 aromatic rings. The first kappa shape index (κ1) is 97.8. The Morgan fingerprint density at radius 3 is 1.88 bits per heavy atom. The van der Waals surface area contributed by atoms with Crippen molar-refractivity contribution in [3.05, 3.63) is 17.7 Å². The van der Waals surface area contributed by atoms with E-state index in [1.807, 2.05) is 13.8 Å². The number of carbonyl (C=O) groups excluding carboxylic acids is 8. The fraction of sp³-hybridized carbons (Fsp3) is 0.839. The predicted octanol–water partition coefficient (Wildman–Crippen LogP) is -0.899. The molecule has 15 bridgehead atoms. The second-order valence-electron chi connectivity index (χ2n) is 39.1. The molecule has 0 spiro atoms. The zero-order chi connectivity index (χ0) is 90.6. The third-order valence-electron chi connectivity index (χ3n) is 29.9. The van der Waals surface area contributed by atoms with E-state index in [1.165, 1.54) is 19.2 Å². The molecule has 39 heteroatoms. The monoisotopic (exact) mass is 1840 g/mol. The smallest absolute Gasteiger partial charge is 0.247 e. The molecule has 126 heavy (non-hydrogen) atoms. The molecule has 11 fully saturated rings. The number of halogens is 2. The molecular weight excluding hydrogens is 1700 g/mol. The van der Waals surface area contributed by atoms with Crippen molar-refractivity contribution in [2.45, 2.75) is 339 Å². The maximum atomic E-state index is 16.7. The lowest BCUT2D eigenvalue weighted by molar-refractivity contribution is -0.278. The highest BCUT2D eigenvalue weighted by molar-refractivity contribution is 7.89. The Labute approximate surface area is 746 Å². The van der Waals surface area contributed by atoms with Gasteiger partial charge in [0, 0.05) is 56.6 Å².